The largest absolute Gasteiger partial charge is 0.328 e. The molecule has 0 saturated heterocycles. The van der Waals surface area contributed by atoms with Crippen molar-refractivity contribution in [1.29, 1.82) is 0 Å². The molecule has 0 radical (unpaired) electrons. The first-order valence-electron chi connectivity index (χ1n) is 5.93. The Kier molecular flexibility index (Phi) is 4.59. The minimum Gasteiger partial charge on any atom is -0.328 e. The van der Waals surface area contributed by atoms with E-state index < -0.39 is 9.84 Å². The molecule has 0 bridgehead atoms. The first-order valence-corrected chi connectivity index (χ1v) is 7.54. The Balaban J connectivity index is 2.63. The van der Waals surface area contributed by atoms with E-state index in [0.29, 0.717) is 6.42 Å². The van der Waals surface area contributed by atoms with Gasteiger partial charge in [0.25, 0.3) is 0 Å². The molecule has 1 saturated carbocycles. The smallest absolute Gasteiger partial charge is 0.155 e. The molecule has 4 heteroatoms. The van der Waals surface area contributed by atoms with Crippen molar-refractivity contribution in [3.05, 3.63) is 0 Å². The van der Waals surface area contributed by atoms with Crippen LogP contribution >= 0.6 is 0 Å². The molecule has 15 heavy (non-hydrogen) atoms. The fraction of sp³-hybridized carbons (Fsp3) is 1.00. The predicted molar refractivity (Wildman–Crippen MR) is 63.5 cm³/mol. The third kappa shape index (κ3) is 3.45. The van der Waals surface area contributed by atoms with Crippen molar-refractivity contribution in [2.24, 2.45) is 5.73 Å². The van der Waals surface area contributed by atoms with Gasteiger partial charge in [-0.3, -0.25) is 0 Å². The molecule has 1 fully saturated rings. The molecule has 0 spiro atoms. The van der Waals surface area contributed by atoms with Crippen molar-refractivity contribution in [3.63, 3.8) is 0 Å². The first-order chi connectivity index (χ1) is 6.94. The summed E-state index contributed by atoms with van der Waals surface area (Å²) in [6, 6.07) is -0.0293. The van der Waals surface area contributed by atoms with Crippen LogP contribution in [0, 0.1) is 0 Å². The molecule has 3 nitrogen and oxygen atoms in total. The van der Waals surface area contributed by atoms with Crippen LogP contribution in [-0.2, 0) is 9.84 Å². The summed E-state index contributed by atoms with van der Waals surface area (Å²) in [5, 5.41) is -0.374. The van der Waals surface area contributed by atoms with Crippen molar-refractivity contribution in [3.8, 4) is 0 Å². The predicted octanol–water partition coefficient (Wildman–Crippen LogP) is 1.86. The molecule has 2 unspecified atom stereocenters. The zero-order chi connectivity index (χ0) is 11.5. The summed E-state index contributed by atoms with van der Waals surface area (Å²) in [7, 11) is -2.94. The van der Waals surface area contributed by atoms with Gasteiger partial charge < -0.3 is 5.73 Å². The Labute approximate surface area is 93.3 Å². The second-order valence-electron chi connectivity index (χ2n) is 4.87. The zero-order valence-electron chi connectivity index (χ0n) is 9.78. The Morgan fingerprint density at radius 3 is 2.20 bits per heavy atom. The van der Waals surface area contributed by atoms with Crippen LogP contribution in [-0.4, -0.2) is 25.0 Å². The minimum atomic E-state index is -2.94. The second kappa shape index (κ2) is 5.30. The lowest BCUT2D eigenvalue weighted by Crippen LogP contribution is -2.35. The third-order valence-electron chi connectivity index (χ3n) is 3.28. The minimum absolute atomic E-state index is 0.0293. The van der Waals surface area contributed by atoms with Gasteiger partial charge in [-0.25, -0.2) is 8.42 Å². The molecule has 0 aliphatic heterocycles. The molecular formula is C11H23NO2S. The lowest BCUT2D eigenvalue weighted by atomic mass is 10.0. The highest BCUT2D eigenvalue weighted by molar-refractivity contribution is 7.92. The Hall–Kier alpha value is -0.0900. The van der Waals surface area contributed by atoms with E-state index in [2.05, 4.69) is 0 Å². The van der Waals surface area contributed by atoms with Gasteiger partial charge in [-0.2, -0.15) is 0 Å². The maximum absolute atomic E-state index is 12.2. The molecule has 0 aromatic carbocycles. The van der Waals surface area contributed by atoms with Crippen molar-refractivity contribution in [1.82, 2.24) is 0 Å². The van der Waals surface area contributed by atoms with Crippen molar-refractivity contribution >= 4 is 9.84 Å². The van der Waals surface area contributed by atoms with Gasteiger partial charge in [-0.05, 0) is 33.1 Å². The highest BCUT2D eigenvalue weighted by atomic mass is 32.2. The Morgan fingerprint density at radius 1 is 1.20 bits per heavy atom. The summed E-state index contributed by atoms with van der Waals surface area (Å²) >= 11 is 0. The summed E-state index contributed by atoms with van der Waals surface area (Å²) in [5.74, 6) is 0. The van der Waals surface area contributed by atoms with Crippen molar-refractivity contribution < 1.29 is 8.42 Å². The van der Waals surface area contributed by atoms with E-state index in [1.54, 1.807) is 6.92 Å². The van der Waals surface area contributed by atoms with Crippen LogP contribution in [0.3, 0.4) is 0 Å². The summed E-state index contributed by atoms with van der Waals surface area (Å²) in [5.41, 5.74) is 5.66. The third-order valence-corrected chi connectivity index (χ3v) is 6.00. The van der Waals surface area contributed by atoms with Crippen LogP contribution in [0.2, 0.25) is 0 Å². The van der Waals surface area contributed by atoms with Crippen LogP contribution in [0.25, 0.3) is 0 Å². The highest BCUT2D eigenvalue weighted by Gasteiger charge is 2.32. The van der Waals surface area contributed by atoms with Crippen LogP contribution in [0.4, 0.5) is 0 Å². The van der Waals surface area contributed by atoms with E-state index in [9.17, 15) is 8.42 Å². The maximum Gasteiger partial charge on any atom is 0.155 e. The summed E-state index contributed by atoms with van der Waals surface area (Å²) in [6.07, 6.45) is 5.60. The second-order valence-corrected chi connectivity index (χ2v) is 7.52. The fourth-order valence-electron chi connectivity index (χ4n) is 2.38. The monoisotopic (exact) mass is 233 g/mol. The average Bonchev–Trinajstić information content (AvgIpc) is 2.18. The zero-order valence-corrected chi connectivity index (χ0v) is 10.6. The number of hydrogen-bond donors (Lipinski definition) is 1. The fourth-order valence-corrected chi connectivity index (χ4v) is 4.60. The molecule has 0 amide bonds. The van der Waals surface area contributed by atoms with Crippen LogP contribution in [0.1, 0.15) is 52.4 Å². The molecule has 1 aliphatic rings. The van der Waals surface area contributed by atoms with Gasteiger partial charge in [0.15, 0.2) is 9.84 Å². The Morgan fingerprint density at radius 2 is 1.73 bits per heavy atom. The molecule has 0 heterocycles. The summed E-state index contributed by atoms with van der Waals surface area (Å²) in [6.45, 7) is 3.67. The van der Waals surface area contributed by atoms with Gasteiger partial charge >= 0.3 is 0 Å². The van der Waals surface area contributed by atoms with Gasteiger partial charge in [0.2, 0.25) is 0 Å². The molecule has 1 rings (SSSR count). The lowest BCUT2D eigenvalue weighted by Gasteiger charge is -2.25. The van der Waals surface area contributed by atoms with Crippen LogP contribution < -0.4 is 5.73 Å². The average molecular weight is 233 g/mol. The van der Waals surface area contributed by atoms with Gasteiger partial charge in [0.1, 0.15) is 0 Å². The lowest BCUT2D eigenvalue weighted by molar-refractivity contribution is 0.474. The van der Waals surface area contributed by atoms with E-state index in [1.807, 2.05) is 6.92 Å². The quantitative estimate of drug-likeness (QED) is 0.806. The molecule has 2 atom stereocenters. The van der Waals surface area contributed by atoms with Gasteiger partial charge in [-0.15, -0.1) is 0 Å². The molecule has 2 N–H and O–H groups in total. The first kappa shape index (κ1) is 13.0. The topological polar surface area (TPSA) is 60.2 Å². The molecule has 0 aromatic rings. The van der Waals surface area contributed by atoms with E-state index in [0.717, 1.165) is 25.7 Å². The van der Waals surface area contributed by atoms with Gasteiger partial charge in [0, 0.05) is 6.04 Å². The van der Waals surface area contributed by atoms with E-state index >= 15 is 0 Å². The van der Waals surface area contributed by atoms with Crippen molar-refractivity contribution in [2.75, 3.05) is 0 Å². The standard InChI is InChI=1S/C11H23NO2S/c1-9(12)8-10(2)15(13,14)11-6-4-3-5-7-11/h9-11H,3-8,12H2,1-2H3. The maximum atomic E-state index is 12.2. The summed E-state index contributed by atoms with van der Waals surface area (Å²) in [4.78, 5) is 0. The summed E-state index contributed by atoms with van der Waals surface area (Å²) < 4.78 is 24.3. The molecular weight excluding hydrogens is 210 g/mol. The van der Waals surface area contributed by atoms with E-state index in [4.69, 9.17) is 5.73 Å². The number of nitrogens with two attached hydrogens (primary N) is 1. The number of sulfone groups is 1. The molecule has 90 valence electrons. The number of rotatable bonds is 4. The van der Waals surface area contributed by atoms with Gasteiger partial charge in [0.05, 0.1) is 10.5 Å². The number of hydrogen-bond acceptors (Lipinski definition) is 3. The Bertz CT molecular complexity index is 279. The van der Waals surface area contributed by atoms with Crippen LogP contribution in [0.5, 0.6) is 0 Å². The molecule has 0 aromatic heterocycles. The van der Waals surface area contributed by atoms with Crippen LogP contribution in [0.15, 0.2) is 0 Å². The van der Waals surface area contributed by atoms with E-state index in [1.165, 1.54) is 6.42 Å². The molecule has 1 aliphatic carbocycles. The van der Waals surface area contributed by atoms with Crippen molar-refractivity contribution in [2.45, 2.75) is 68.9 Å². The highest BCUT2D eigenvalue weighted by Crippen LogP contribution is 2.27. The van der Waals surface area contributed by atoms with Gasteiger partial charge in [-0.1, -0.05) is 19.3 Å². The van der Waals surface area contributed by atoms with E-state index in [-0.39, 0.29) is 16.5 Å². The SMILES string of the molecule is CC(N)CC(C)S(=O)(=O)C1CCCCC1. The normalized spacial score (nSPS) is 23.7.